The summed E-state index contributed by atoms with van der Waals surface area (Å²) in [6, 6.07) is 78.2. The van der Waals surface area contributed by atoms with Crippen LogP contribution >= 0.6 is 46.4 Å². The molecule has 0 spiro atoms. The molecule has 0 bridgehead atoms. The average molecular weight is 2030 g/mol. The lowest BCUT2D eigenvalue weighted by Gasteiger charge is -2.10. The number of amidine groups is 7. The second kappa shape index (κ2) is 48.0. The first-order valence-electron chi connectivity index (χ1n) is 47.2. The van der Waals surface area contributed by atoms with Crippen LogP contribution in [0.3, 0.4) is 0 Å². The van der Waals surface area contributed by atoms with Gasteiger partial charge < -0.3 is 47.3 Å². The van der Waals surface area contributed by atoms with E-state index < -0.39 is 0 Å². The predicted molar refractivity (Wildman–Crippen MR) is 592 cm³/mol. The normalized spacial score (nSPS) is 12.9. The fourth-order valence-corrected chi connectivity index (χ4v) is 16.9. The predicted octanol–water partition coefficient (Wildman–Crippen LogP) is 24.2. The molecule has 10 aromatic heterocycles. The van der Waals surface area contributed by atoms with Crippen molar-refractivity contribution in [1.29, 1.82) is 0 Å². The molecule has 0 radical (unpaired) electrons. The number of terminal acetylenes is 1. The molecule has 0 atom stereocenters. The van der Waals surface area contributed by atoms with Crippen LogP contribution in [0.1, 0.15) is 129 Å². The molecule has 0 saturated carbocycles. The Hall–Kier alpha value is -17.8. The summed E-state index contributed by atoms with van der Waals surface area (Å²) in [5.41, 5.74) is 31.6. The van der Waals surface area contributed by atoms with Crippen molar-refractivity contribution in [1.82, 2.24) is 59.8 Å². The van der Waals surface area contributed by atoms with Gasteiger partial charge in [0.2, 0.25) is 0 Å². The van der Waals surface area contributed by atoms with E-state index in [2.05, 4.69) is 218 Å². The Bertz CT molecular complexity index is 7740. The molecule has 33 heteroatoms. The quantitative estimate of drug-likeness (QED) is 0.0558. The minimum Gasteiger partial charge on any atom is -0.423 e. The van der Waals surface area contributed by atoms with Gasteiger partial charge in [-0.1, -0.05) is 149 Å². The van der Waals surface area contributed by atoms with Gasteiger partial charge in [-0.15, -0.1) is 6.42 Å². The standard InChI is InChI=1S/C17H12ClN5O.C15H10ClN3.C15H14N2.C14H12ClN3.C14H12FN3.C14H13N3.C13H11ClN4.C13H12N4/c18-13-9-12(4-5-14(13)24-17-20-7-2-8-21-17)23-16-15-11(10-22-16)3-1-6-19-15;1-2-10-5-6-12(8-13(10)16)19-15-14-11(9-18-15)4-3-7-17-14;1-11-4-2-6-13(10-11)17-14-8-7-12-5-3-9-16-15(12)14;1-9-4-5-11(7-12(9)15)18-14-13-10(8-17-14)3-2-6-16-13;1-9-4-2-6-11(12(9)15)18-14-13-10(8-17-14)5-3-7-16-13;1-10-4-2-6-12(8-10)17-14-13-11(9-16-14)5-3-7-15-13;1-8-2-3-10(4-11(8)14)18-13-12-9(6-16-13)5-15-7-17-12;1-9-7-11(4-6-14-9)17-13-12-10(8-16-13)3-2-5-15-12/h1-9H,10H2,(H,22,23);1,3-8H,9H2,(H,18,19);2-6,8-10,17H,7H2,1H3;2*2-7H,8H2,1H3,(H,17,18);2-8H,9H2,1H3,(H,16,17);2-5,7H,6H2,1H3,(H,16,18);2-7H,8H2,1H3,(H,14,16,17). The number of anilines is 8. The van der Waals surface area contributed by atoms with Crippen molar-refractivity contribution in [3.05, 3.63) is 478 Å². The Morgan fingerprint density at radius 3 is 1.08 bits per heavy atom. The van der Waals surface area contributed by atoms with Gasteiger partial charge in [-0.25, -0.2) is 24.3 Å². The zero-order valence-electron chi connectivity index (χ0n) is 81.1. The van der Waals surface area contributed by atoms with E-state index in [1.165, 1.54) is 34.1 Å². The Balaban J connectivity index is 0.000000111. The largest absolute Gasteiger partial charge is 0.423 e. The average Bonchev–Trinajstić information content (AvgIpc) is 1.66. The molecule has 7 aliphatic heterocycles. The lowest BCUT2D eigenvalue weighted by molar-refractivity contribution is 0.442. The fraction of sp³-hybridized carbons (Fsp3) is 0.122. The third-order valence-corrected chi connectivity index (χ3v) is 25.0. The maximum Gasteiger partial charge on any atom is 0.321 e. The molecule has 0 unspecified atom stereocenters. The summed E-state index contributed by atoms with van der Waals surface area (Å²) in [6.45, 7) is 16.4. The maximum atomic E-state index is 13.9. The molecular weight excluding hydrogens is 1940 g/mol. The number of pyridine rings is 8. The smallest absolute Gasteiger partial charge is 0.321 e. The SMILES string of the molecule is C#Cc1ccc(NC2=NCc3cccnc32)cc1Cl.Cc1cc(NC2=NCc3cccnc32)ccn1.Cc1ccc(NC2=NCc3cccnc32)cc1Cl.Cc1ccc(NC2=NCc3cncnc32)cc1Cl.Cc1cccc(NC2=CCc3cccnc32)c1.Cc1cccc(NC2=NCc3cccnc32)c1.Cc1cccc(NC2=NCc3cccnc32)c1F.Clc1cc(NC2=NCc3cccnc32)ccc1Oc1ncccn1. The minimum atomic E-state index is -0.246. The number of fused-ring (bicyclic) bond motifs is 8. The highest BCUT2D eigenvalue weighted by atomic mass is 35.5. The molecule has 17 aromatic rings. The first-order valence-corrected chi connectivity index (χ1v) is 48.7. The molecule has 7 aromatic carbocycles. The number of rotatable bonds is 11. The van der Waals surface area contributed by atoms with E-state index in [0.717, 1.165) is 194 Å². The van der Waals surface area contributed by atoms with E-state index in [-0.39, 0.29) is 11.8 Å². The monoisotopic (exact) mass is 2030 g/mol. The lowest BCUT2D eigenvalue weighted by Crippen LogP contribution is -2.14. The van der Waals surface area contributed by atoms with Gasteiger partial charge in [0.1, 0.15) is 57.8 Å². The van der Waals surface area contributed by atoms with Crippen molar-refractivity contribution in [3.63, 3.8) is 0 Å². The van der Waals surface area contributed by atoms with Crippen LogP contribution in [0.15, 0.2) is 358 Å². The van der Waals surface area contributed by atoms with Crippen molar-refractivity contribution in [2.24, 2.45) is 34.9 Å². The van der Waals surface area contributed by atoms with E-state index in [0.29, 0.717) is 77.7 Å². The van der Waals surface area contributed by atoms with Crippen LogP contribution in [0.2, 0.25) is 20.1 Å². The molecular formula is C115H96Cl4FN27O. The Labute approximate surface area is 875 Å². The Morgan fingerprint density at radius 1 is 0.297 bits per heavy atom. The van der Waals surface area contributed by atoms with Gasteiger partial charge in [0.15, 0.2) is 40.8 Å². The van der Waals surface area contributed by atoms with E-state index in [1.54, 1.807) is 111 Å². The summed E-state index contributed by atoms with van der Waals surface area (Å²) >= 11 is 24.6. The van der Waals surface area contributed by atoms with Gasteiger partial charge in [-0.2, -0.15) is 0 Å². The van der Waals surface area contributed by atoms with Crippen LogP contribution in [0, 0.1) is 59.7 Å². The van der Waals surface area contributed by atoms with Crippen LogP contribution in [-0.2, 0) is 52.2 Å². The molecule has 8 aliphatic rings. The van der Waals surface area contributed by atoms with Crippen molar-refractivity contribution >= 4 is 138 Å². The van der Waals surface area contributed by atoms with Crippen LogP contribution in [0.25, 0.3) is 5.70 Å². The van der Waals surface area contributed by atoms with Crippen molar-refractivity contribution in [2.45, 2.75) is 93.8 Å². The fourth-order valence-electron chi connectivity index (χ4n) is 16.1. The molecule has 148 heavy (non-hydrogen) atoms. The number of nitrogens with one attached hydrogen (secondary N) is 8. The van der Waals surface area contributed by atoms with Gasteiger partial charge in [0, 0.05) is 168 Å². The number of benzene rings is 7. The number of allylic oxidation sites excluding steroid dienone is 1. The highest BCUT2D eigenvalue weighted by molar-refractivity contribution is 6.33. The number of hydrogen-bond donors (Lipinski definition) is 8. The molecule has 732 valence electrons. The minimum absolute atomic E-state index is 0.246. The van der Waals surface area contributed by atoms with E-state index in [9.17, 15) is 4.39 Å². The highest BCUT2D eigenvalue weighted by Gasteiger charge is 2.26. The number of nitrogens with zero attached hydrogens (tertiary/aromatic N) is 19. The molecule has 8 N–H and O–H groups in total. The molecule has 0 saturated heterocycles. The first-order chi connectivity index (χ1) is 72.3. The summed E-state index contributed by atoms with van der Waals surface area (Å²) in [4.78, 5) is 81.9. The maximum absolute atomic E-state index is 13.9. The van der Waals surface area contributed by atoms with E-state index in [1.807, 2.05) is 173 Å². The van der Waals surface area contributed by atoms with Gasteiger partial charge in [-0.05, 0) is 233 Å². The molecule has 28 nitrogen and oxygen atoms in total. The zero-order chi connectivity index (χ0) is 102. The van der Waals surface area contributed by atoms with Gasteiger partial charge in [0.25, 0.3) is 0 Å². The summed E-state index contributed by atoms with van der Waals surface area (Å²) in [6.07, 6.45) is 29.3. The van der Waals surface area contributed by atoms with Crippen molar-refractivity contribution in [2.75, 3.05) is 42.5 Å². The summed E-state index contributed by atoms with van der Waals surface area (Å²) in [5.74, 6) is 8.19. The topological polar surface area (TPSA) is 347 Å². The number of aliphatic imine (C=N–C) groups is 7. The molecule has 0 amide bonds. The van der Waals surface area contributed by atoms with Crippen molar-refractivity contribution < 1.29 is 9.13 Å². The summed E-state index contributed by atoms with van der Waals surface area (Å²) in [7, 11) is 0. The van der Waals surface area contributed by atoms with Gasteiger partial charge >= 0.3 is 6.01 Å². The van der Waals surface area contributed by atoms with Crippen molar-refractivity contribution in [3.8, 4) is 24.1 Å². The second-order valence-corrected chi connectivity index (χ2v) is 36.0. The molecule has 17 heterocycles. The van der Waals surface area contributed by atoms with Crippen LogP contribution < -0.4 is 47.3 Å². The summed E-state index contributed by atoms with van der Waals surface area (Å²) in [5, 5.41) is 28.5. The number of hydrogen-bond acceptors (Lipinski definition) is 28. The Kier molecular flexibility index (Phi) is 32.6. The van der Waals surface area contributed by atoms with E-state index in [4.69, 9.17) is 57.6 Å². The molecule has 1 aliphatic carbocycles. The summed E-state index contributed by atoms with van der Waals surface area (Å²) < 4.78 is 19.5. The first kappa shape index (κ1) is 100. The second-order valence-electron chi connectivity index (χ2n) is 34.4. The van der Waals surface area contributed by atoms with E-state index >= 15 is 0 Å². The number of aryl methyl sites for hydroxylation is 6. The van der Waals surface area contributed by atoms with Crippen LogP contribution in [0.4, 0.5) is 49.9 Å². The number of aromatic nitrogens is 12. The Morgan fingerprint density at radius 2 is 0.662 bits per heavy atom. The highest BCUT2D eigenvalue weighted by Crippen LogP contribution is 2.35. The van der Waals surface area contributed by atoms with Crippen LogP contribution in [-0.4, -0.2) is 101 Å². The molecule has 25 rings (SSSR count). The zero-order valence-corrected chi connectivity index (χ0v) is 84.2. The number of ether oxygens (including phenoxy) is 1. The van der Waals surface area contributed by atoms with Gasteiger partial charge in [0.05, 0.1) is 72.9 Å². The third-order valence-electron chi connectivity index (χ3n) is 23.6. The van der Waals surface area contributed by atoms with Gasteiger partial charge in [-0.3, -0.25) is 74.8 Å². The number of halogens is 5. The lowest BCUT2D eigenvalue weighted by atomic mass is 10.2. The van der Waals surface area contributed by atoms with Crippen LogP contribution in [0.5, 0.6) is 11.8 Å². The third kappa shape index (κ3) is 25.7. The molecule has 0 fully saturated rings.